The predicted octanol–water partition coefficient (Wildman–Crippen LogP) is 6.96. The fraction of sp³-hybridized carbons (Fsp3) is 0.167. The van der Waals surface area contributed by atoms with Gasteiger partial charge in [0.25, 0.3) is 0 Å². The zero-order chi connectivity index (χ0) is 16.7. The van der Waals surface area contributed by atoms with Crippen molar-refractivity contribution in [2.24, 2.45) is 0 Å². The van der Waals surface area contributed by atoms with E-state index < -0.39 is 0 Å². The molecule has 0 aliphatic carbocycles. The van der Waals surface area contributed by atoms with Crippen molar-refractivity contribution in [1.82, 2.24) is 0 Å². The average molecular weight is 310 g/mol. The van der Waals surface area contributed by atoms with Gasteiger partial charge < -0.3 is 0 Å². The summed E-state index contributed by atoms with van der Waals surface area (Å²) in [6, 6.07) is 28.7. The zero-order valence-electron chi connectivity index (χ0n) is 14.5. The second-order valence-electron chi connectivity index (χ2n) is 7.55. The van der Waals surface area contributed by atoms with Crippen LogP contribution in [0.25, 0.3) is 32.7 Å². The lowest BCUT2D eigenvalue weighted by molar-refractivity contribution is 0.591. The summed E-state index contributed by atoms with van der Waals surface area (Å²) >= 11 is 0. The van der Waals surface area contributed by atoms with Crippen molar-refractivity contribution >= 4 is 21.5 Å². The topological polar surface area (TPSA) is 0 Å². The van der Waals surface area contributed by atoms with Gasteiger partial charge in [-0.3, -0.25) is 0 Å². The molecule has 4 rings (SSSR count). The third kappa shape index (κ3) is 2.59. The van der Waals surface area contributed by atoms with E-state index in [1.807, 2.05) is 0 Å². The van der Waals surface area contributed by atoms with Gasteiger partial charge in [-0.05, 0) is 49.7 Å². The fourth-order valence-electron chi connectivity index (χ4n) is 3.34. The molecule has 0 spiro atoms. The molecule has 0 unspecified atom stereocenters. The molecule has 0 aromatic heterocycles. The van der Waals surface area contributed by atoms with Crippen LogP contribution in [0.4, 0.5) is 0 Å². The predicted molar refractivity (Wildman–Crippen MR) is 106 cm³/mol. The Morgan fingerprint density at radius 1 is 0.542 bits per heavy atom. The lowest BCUT2D eigenvalue weighted by atomic mass is 9.85. The highest BCUT2D eigenvalue weighted by Crippen LogP contribution is 2.32. The summed E-state index contributed by atoms with van der Waals surface area (Å²) in [5.41, 5.74) is 4.10. The standard InChI is InChI=1S/C24H22/c1-24(2,3)21-13-14-22-20(15-21)12-10-18-9-11-19(16-23(18)22)17-7-5-4-6-8-17/h4-16H,1-3H3. The van der Waals surface area contributed by atoms with Gasteiger partial charge in [0.15, 0.2) is 0 Å². The van der Waals surface area contributed by atoms with E-state index in [1.54, 1.807) is 0 Å². The van der Waals surface area contributed by atoms with E-state index in [0.717, 1.165) is 0 Å². The highest BCUT2D eigenvalue weighted by molar-refractivity contribution is 6.08. The van der Waals surface area contributed by atoms with Crippen molar-refractivity contribution in [2.45, 2.75) is 26.2 Å². The van der Waals surface area contributed by atoms with Crippen LogP contribution in [0, 0.1) is 0 Å². The van der Waals surface area contributed by atoms with Crippen LogP contribution in [-0.4, -0.2) is 0 Å². The summed E-state index contributed by atoms with van der Waals surface area (Å²) in [5.74, 6) is 0. The molecule has 0 saturated heterocycles. The molecule has 0 heterocycles. The Kier molecular flexibility index (Phi) is 3.42. The molecule has 0 aliphatic heterocycles. The van der Waals surface area contributed by atoms with Crippen molar-refractivity contribution in [3.05, 3.63) is 84.4 Å². The van der Waals surface area contributed by atoms with Gasteiger partial charge in [0.2, 0.25) is 0 Å². The van der Waals surface area contributed by atoms with E-state index in [2.05, 4.69) is 99.6 Å². The van der Waals surface area contributed by atoms with Gasteiger partial charge in [0.05, 0.1) is 0 Å². The molecule has 0 bridgehead atoms. The zero-order valence-corrected chi connectivity index (χ0v) is 14.5. The Morgan fingerprint density at radius 3 is 2.00 bits per heavy atom. The second-order valence-corrected chi connectivity index (χ2v) is 7.55. The highest BCUT2D eigenvalue weighted by atomic mass is 14.2. The van der Waals surface area contributed by atoms with E-state index >= 15 is 0 Å². The second kappa shape index (κ2) is 5.49. The molecule has 0 atom stereocenters. The van der Waals surface area contributed by atoms with Gasteiger partial charge in [-0.25, -0.2) is 0 Å². The molecule has 0 radical (unpaired) electrons. The molecule has 0 fully saturated rings. The smallest absolute Gasteiger partial charge is 0.00992 e. The molecule has 0 nitrogen and oxygen atoms in total. The third-order valence-corrected chi connectivity index (χ3v) is 4.81. The lowest BCUT2D eigenvalue weighted by Gasteiger charge is -2.20. The lowest BCUT2D eigenvalue weighted by Crippen LogP contribution is -2.10. The first-order valence-electron chi connectivity index (χ1n) is 8.55. The fourth-order valence-corrected chi connectivity index (χ4v) is 3.34. The van der Waals surface area contributed by atoms with Gasteiger partial charge in [0.1, 0.15) is 0 Å². The van der Waals surface area contributed by atoms with E-state index in [1.165, 1.54) is 38.2 Å². The molecule has 24 heavy (non-hydrogen) atoms. The Hall–Kier alpha value is -2.60. The minimum absolute atomic E-state index is 0.176. The first-order chi connectivity index (χ1) is 11.5. The maximum atomic E-state index is 2.34. The van der Waals surface area contributed by atoms with Crippen LogP contribution in [-0.2, 0) is 5.41 Å². The molecule has 0 heteroatoms. The van der Waals surface area contributed by atoms with Gasteiger partial charge in [-0.1, -0.05) is 93.6 Å². The van der Waals surface area contributed by atoms with E-state index in [-0.39, 0.29) is 5.41 Å². The number of fused-ring (bicyclic) bond motifs is 3. The summed E-state index contributed by atoms with van der Waals surface area (Å²) in [6.45, 7) is 6.80. The van der Waals surface area contributed by atoms with Gasteiger partial charge in [0, 0.05) is 0 Å². The minimum Gasteiger partial charge on any atom is -0.0622 e. The Labute approximate surface area is 143 Å². The van der Waals surface area contributed by atoms with E-state index in [4.69, 9.17) is 0 Å². The summed E-state index contributed by atoms with van der Waals surface area (Å²) in [7, 11) is 0. The maximum Gasteiger partial charge on any atom is -0.00992 e. The Balaban J connectivity index is 1.96. The molecule has 118 valence electrons. The quantitative estimate of drug-likeness (QED) is 0.333. The average Bonchev–Trinajstić information content (AvgIpc) is 2.60. The van der Waals surface area contributed by atoms with Crippen LogP contribution in [0.5, 0.6) is 0 Å². The minimum atomic E-state index is 0.176. The molecule has 4 aromatic carbocycles. The summed E-state index contributed by atoms with van der Waals surface area (Å²) in [4.78, 5) is 0. The van der Waals surface area contributed by atoms with Crippen LogP contribution in [0.15, 0.2) is 78.9 Å². The van der Waals surface area contributed by atoms with Crippen LogP contribution in [0.1, 0.15) is 26.3 Å². The van der Waals surface area contributed by atoms with E-state index in [0.29, 0.717) is 0 Å². The van der Waals surface area contributed by atoms with Gasteiger partial charge >= 0.3 is 0 Å². The summed E-state index contributed by atoms with van der Waals surface area (Å²) in [5, 5.41) is 5.28. The van der Waals surface area contributed by atoms with Gasteiger partial charge in [-0.15, -0.1) is 0 Å². The monoisotopic (exact) mass is 310 g/mol. The molecule has 0 saturated carbocycles. The Bertz CT molecular complexity index is 1020. The van der Waals surface area contributed by atoms with Crippen LogP contribution in [0.3, 0.4) is 0 Å². The molecule has 0 N–H and O–H groups in total. The third-order valence-electron chi connectivity index (χ3n) is 4.81. The molecule has 0 aliphatic rings. The largest absolute Gasteiger partial charge is 0.0622 e. The van der Waals surface area contributed by atoms with Gasteiger partial charge in [-0.2, -0.15) is 0 Å². The van der Waals surface area contributed by atoms with Crippen molar-refractivity contribution in [1.29, 1.82) is 0 Å². The van der Waals surface area contributed by atoms with Crippen molar-refractivity contribution < 1.29 is 0 Å². The summed E-state index contributed by atoms with van der Waals surface area (Å²) < 4.78 is 0. The van der Waals surface area contributed by atoms with Crippen LogP contribution in [0.2, 0.25) is 0 Å². The van der Waals surface area contributed by atoms with Crippen LogP contribution >= 0.6 is 0 Å². The van der Waals surface area contributed by atoms with Crippen LogP contribution < -0.4 is 0 Å². The molecule has 0 amide bonds. The first-order valence-corrected chi connectivity index (χ1v) is 8.55. The Morgan fingerprint density at radius 2 is 1.25 bits per heavy atom. The number of hydrogen-bond donors (Lipinski definition) is 0. The van der Waals surface area contributed by atoms with Crippen molar-refractivity contribution in [3.8, 4) is 11.1 Å². The number of rotatable bonds is 1. The molecular weight excluding hydrogens is 288 g/mol. The summed E-state index contributed by atoms with van der Waals surface area (Å²) in [6.07, 6.45) is 0. The van der Waals surface area contributed by atoms with E-state index in [9.17, 15) is 0 Å². The normalized spacial score (nSPS) is 12.0. The number of benzene rings is 4. The molecule has 4 aromatic rings. The molecular formula is C24H22. The first kappa shape index (κ1) is 15.0. The van der Waals surface area contributed by atoms with Crippen molar-refractivity contribution in [2.75, 3.05) is 0 Å². The van der Waals surface area contributed by atoms with Crippen molar-refractivity contribution in [3.63, 3.8) is 0 Å². The highest BCUT2D eigenvalue weighted by Gasteiger charge is 2.14. The SMILES string of the molecule is CC(C)(C)c1ccc2c(ccc3ccc(-c4ccccc4)cc32)c1. The number of hydrogen-bond acceptors (Lipinski definition) is 0. The maximum absolute atomic E-state index is 2.34.